The summed E-state index contributed by atoms with van der Waals surface area (Å²) in [5.74, 6) is 1.20. The number of ether oxygens (including phenoxy) is 2. The monoisotopic (exact) mass is 311 g/mol. The number of carbonyl (C=O) groups excluding carboxylic acids is 1. The number of nitrogens with one attached hydrogen (secondary N) is 1. The maximum Gasteiger partial charge on any atom is 0.251 e. The first-order chi connectivity index (χ1) is 11.0. The molecule has 0 aliphatic carbocycles. The quantitative estimate of drug-likeness (QED) is 0.942. The Bertz CT molecular complexity index is 739. The van der Waals surface area contributed by atoms with Gasteiger partial charge in [-0.05, 0) is 50.1 Å². The van der Waals surface area contributed by atoms with Gasteiger partial charge >= 0.3 is 0 Å². The lowest BCUT2D eigenvalue weighted by molar-refractivity contribution is 0.0938. The van der Waals surface area contributed by atoms with Crippen molar-refractivity contribution in [3.8, 4) is 11.5 Å². The lowest BCUT2D eigenvalue weighted by Crippen LogP contribution is -2.27. The van der Waals surface area contributed by atoms with Gasteiger partial charge < -0.3 is 14.8 Å². The summed E-state index contributed by atoms with van der Waals surface area (Å²) in [5.41, 5.74) is 4.10. The number of amides is 1. The molecule has 4 nitrogen and oxygen atoms in total. The summed E-state index contributed by atoms with van der Waals surface area (Å²) < 4.78 is 11.0. The van der Waals surface area contributed by atoms with Crippen LogP contribution in [-0.4, -0.2) is 19.1 Å². The molecule has 1 amide bonds. The maximum atomic E-state index is 12.5. The van der Waals surface area contributed by atoms with Crippen LogP contribution in [0.1, 0.15) is 40.0 Å². The zero-order chi connectivity index (χ0) is 16.4. The van der Waals surface area contributed by atoms with Gasteiger partial charge in [-0.2, -0.15) is 0 Å². The van der Waals surface area contributed by atoms with E-state index in [1.165, 1.54) is 11.1 Å². The zero-order valence-electron chi connectivity index (χ0n) is 13.7. The van der Waals surface area contributed by atoms with Crippen LogP contribution < -0.4 is 14.8 Å². The Kier molecular flexibility index (Phi) is 4.24. The van der Waals surface area contributed by atoms with Crippen molar-refractivity contribution in [1.82, 2.24) is 5.32 Å². The van der Waals surface area contributed by atoms with Crippen molar-refractivity contribution in [1.29, 1.82) is 0 Å². The molecule has 2 aromatic rings. The molecule has 0 saturated carbocycles. The minimum absolute atomic E-state index is 0.0590. The maximum absolute atomic E-state index is 12.5. The molecule has 1 aliphatic heterocycles. The van der Waals surface area contributed by atoms with Gasteiger partial charge in [-0.25, -0.2) is 0 Å². The molecule has 0 bridgehead atoms. The van der Waals surface area contributed by atoms with Crippen LogP contribution in [0, 0.1) is 13.8 Å². The summed E-state index contributed by atoms with van der Waals surface area (Å²) in [6.07, 6.45) is 0. The molecule has 0 spiro atoms. The van der Waals surface area contributed by atoms with E-state index in [1.807, 2.05) is 6.92 Å². The Balaban J connectivity index is 1.76. The van der Waals surface area contributed by atoms with Crippen LogP contribution >= 0.6 is 0 Å². The summed E-state index contributed by atoms with van der Waals surface area (Å²) >= 11 is 0. The van der Waals surface area contributed by atoms with Gasteiger partial charge in [0.05, 0.1) is 6.04 Å². The third-order valence-corrected chi connectivity index (χ3v) is 4.04. The van der Waals surface area contributed by atoms with E-state index in [0.29, 0.717) is 30.3 Å². The molecule has 1 aliphatic rings. The highest BCUT2D eigenvalue weighted by Gasteiger charge is 2.17. The van der Waals surface area contributed by atoms with E-state index in [9.17, 15) is 4.79 Å². The fourth-order valence-electron chi connectivity index (χ4n) is 2.85. The molecule has 4 heteroatoms. The van der Waals surface area contributed by atoms with Gasteiger partial charge in [-0.1, -0.05) is 23.8 Å². The topological polar surface area (TPSA) is 47.6 Å². The predicted octanol–water partition coefficient (Wildman–Crippen LogP) is 3.57. The van der Waals surface area contributed by atoms with Crippen molar-refractivity contribution in [3.05, 3.63) is 58.7 Å². The van der Waals surface area contributed by atoms with Crippen LogP contribution in [0.25, 0.3) is 0 Å². The molecule has 0 saturated heterocycles. The first kappa shape index (κ1) is 15.4. The number of fused-ring (bicyclic) bond motifs is 1. The summed E-state index contributed by atoms with van der Waals surface area (Å²) in [7, 11) is 0. The van der Waals surface area contributed by atoms with Crippen LogP contribution in [-0.2, 0) is 0 Å². The van der Waals surface area contributed by atoms with Crippen molar-refractivity contribution in [2.45, 2.75) is 26.8 Å². The molecule has 1 heterocycles. The van der Waals surface area contributed by atoms with Gasteiger partial charge in [0.25, 0.3) is 5.91 Å². The number of carbonyl (C=O) groups is 1. The average molecular weight is 311 g/mol. The van der Waals surface area contributed by atoms with E-state index in [4.69, 9.17) is 9.47 Å². The number of benzene rings is 2. The first-order valence-corrected chi connectivity index (χ1v) is 7.82. The Labute approximate surface area is 136 Å². The molecule has 0 radical (unpaired) electrons. The zero-order valence-corrected chi connectivity index (χ0v) is 13.7. The van der Waals surface area contributed by atoms with E-state index in [0.717, 1.165) is 5.56 Å². The standard InChI is InChI=1S/C19H21NO3/c1-12-4-6-16(13(2)10-12)14(3)20-19(21)15-5-7-17-18(11-15)23-9-8-22-17/h4-7,10-11,14H,8-9H2,1-3H3,(H,20,21). The Morgan fingerprint density at radius 2 is 1.78 bits per heavy atom. The second kappa shape index (κ2) is 6.32. The summed E-state index contributed by atoms with van der Waals surface area (Å²) in [4.78, 5) is 12.5. The van der Waals surface area contributed by atoms with Crippen molar-refractivity contribution in [3.63, 3.8) is 0 Å². The van der Waals surface area contributed by atoms with Gasteiger partial charge in [-0.15, -0.1) is 0 Å². The average Bonchev–Trinajstić information content (AvgIpc) is 2.54. The highest BCUT2D eigenvalue weighted by molar-refractivity contribution is 5.95. The minimum atomic E-state index is -0.116. The van der Waals surface area contributed by atoms with Crippen molar-refractivity contribution < 1.29 is 14.3 Å². The number of aryl methyl sites for hydroxylation is 2. The van der Waals surface area contributed by atoms with Crippen molar-refractivity contribution >= 4 is 5.91 Å². The molecule has 23 heavy (non-hydrogen) atoms. The first-order valence-electron chi connectivity index (χ1n) is 7.82. The third-order valence-electron chi connectivity index (χ3n) is 4.04. The van der Waals surface area contributed by atoms with Gasteiger partial charge in [0, 0.05) is 5.56 Å². The molecule has 3 rings (SSSR count). The van der Waals surface area contributed by atoms with Crippen LogP contribution in [0.15, 0.2) is 36.4 Å². The second-order valence-corrected chi connectivity index (χ2v) is 5.91. The highest BCUT2D eigenvalue weighted by atomic mass is 16.6. The molecule has 2 aromatic carbocycles. The fourth-order valence-corrected chi connectivity index (χ4v) is 2.85. The van der Waals surface area contributed by atoms with Gasteiger partial charge in [0.15, 0.2) is 11.5 Å². The predicted molar refractivity (Wildman–Crippen MR) is 89.2 cm³/mol. The smallest absolute Gasteiger partial charge is 0.251 e. The normalized spacial score (nSPS) is 14.2. The number of hydrogen-bond acceptors (Lipinski definition) is 3. The van der Waals surface area contributed by atoms with Crippen LogP contribution in [0.3, 0.4) is 0 Å². The molecule has 1 unspecified atom stereocenters. The third kappa shape index (κ3) is 3.31. The lowest BCUT2D eigenvalue weighted by atomic mass is 10.00. The van der Waals surface area contributed by atoms with E-state index < -0.39 is 0 Å². The van der Waals surface area contributed by atoms with E-state index >= 15 is 0 Å². The van der Waals surface area contributed by atoms with Crippen LogP contribution in [0.2, 0.25) is 0 Å². The molecular weight excluding hydrogens is 290 g/mol. The lowest BCUT2D eigenvalue weighted by Gasteiger charge is -2.20. The second-order valence-electron chi connectivity index (χ2n) is 5.91. The van der Waals surface area contributed by atoms with Crippen LogP contribution in [0.5, 0.6) is 11.5 Å². The molecular formula is C19H21NO3. The Morgan fingerprint density at radius 1 is 1.04 bits per heavy atom. The SMILES string of the molecule is Cc1ccc(C(C)NC(=O)c2ccc3c(c2)OCCO3)c(C)c1. The highest BCUT2D eigenvalue weighted by Crippen LogP contribution is 2.31. The Hall–Kier alpha value is -2.49. The van der Waals surface area contributed by atoms with E-state index in [1.54, 1.807) is 18.2 Å². The largest absolute Gasteiger partial charge is 0.486 e. The van der Waals surface area contributed by atoms with E-state index in [-0.39, 0.29) is 11.9 Å². The summed E-state index contributed by atoms with van der Waals surface area (Å²) in [5, 5.41) is 3.04. The molecule has 1 N–H and O–H groups in total. The Morgan fingerprint density at radius 3 is 2.52 bits per heavy atom. The fraction of sp³-hybridized carbons (Fsp3) is 0.316. The summed E-state index contributed by atoms with van der Waals surface area (Å²) in [6, 6.07) is 11.5. The molecule has 0 aromatic heterocycles. The van der Waals surface area contributed by atoms with Crippen molar-refractivity contribution in [2.24, 2.45) is 0 Å². The van der Waals surface area contributed by atoms with Crippen LogP contribution in [0.4, 0.5) is 0 Å². The summed E-state index contributed by atoms with van der Waals surface area (Å²) in [6.45, 7) is 7.18. The molecule has 0 fully saturated rings. The van der Waals surface area contributed by atoms with Gasteiger partial charge in [0.1, 0.15) is 13.2 Å². The van der Waals surface area contributed by atoms with Crippen molar-refractivity contribution in [2.75, 3.05) is 13.2 Å². The molecule has 1 atom stereocenters. The minimum Gasteiger partial charge on any atom is -0.486 e. The number of rotatable bonds is 3. The molecule has 120 valence electrons. The van der Waals surface area contributed by atoms with Gasteiger partial charge in [0.2, 0.25) is 0 Å². The number of hydrogen-bond donors (Lipinski definition) is 1. The van der Waals surface area contributed by atoms with E-state index in [2.05, 4.69) is 37.4 Å². The van der Waals surface area contributed by atoms with Gasteiger partial charge in [-0.3, -0.25) is 4.79 Å².